The second-order valence-electron chi connectivity index (χ2n) is 4.23. The molecule has 0 fully saturated rings. The molecule has 3 N–H and O–H groups in total. The third-order valence-electron chi connectivity index (χ3n) is 2.85. The molecule has 0 radical (unpaired) electrons. The fourth-order valence-electron chi connectivity index (χ4n) is 1.78. The molecule has 0 aliphatic heterocycles. The molecule has 8 heteroatoms. The molecule has 0 spiro atoms. The van der Waals surface area contributed by atoms with Crippen molar-refractivity contribution in [2.45, 2.75) is 9.77 Å². The minimum absolute atomic E-state index is 0. The number of hydrogen-bond acceptors (Lipinski definition) is 5. The Morgan fingerprint density at radius 2 is 1.68 bits per heavy atom. The van der Waals surface area contributed by atoms with E-state index in [1.807, 2.05) is 0 Å². The molecule has 0 aliphatic carbocycles. The normalized spacial score (nSPS) is 12.8. The fraction of sp³-hybridized carbons (Fsp3) is 0.0714. The molecule has 0 heterocycles. The van der Waals surface area contributed by atoms with Gasteiger partial charge in [0.05, 0.1) is 9.82 Å². The number of aliphatic carboxylic acids is 1. The van der Waals surface area contributed by atoms with Crippen LogP contribution in [-0.4, -0.2) is 16.0 Å². The molecule has 22 heavy (non-hydrogen) atoms. The predicted molar refractivity (Wildman–Crippen MR) is 78.9 cm³/mol. The maximum absolute atomic E-state index is 11.6. The molecule has 2 rings (SSSR count). The van der Waals surface area contributed by atoms with Gasteiger partial charge in [-0.05, 0) is 11.6 Å². The largest absolute Gasteiger partial charge is 1.00 e. The molecular weight excluding hydrogens is 331 g/mol. The van der Waals surface area contributed by atoms with E-state index in [0.717, 1.165) is 11.8 Å². The molecule has 6 nitrogen and oxygen atoms in total. The molecule has 0 bridgehead atoms. The minimum atomic E-state index is -1.80. The number of nitro benzene ring substituents is 1. The summed E-state index contributed by atoms with van der Waals surface area (Å²) in [5, 5.41) is 20.5. The molecule has 2 aromatic carbocycles. The Hall–Kier alpha value is -0.744. The SMILES string of the molecule is NC(Sc1ccccc1[N+](=O)[O-])(C(=O)O)c1ccccc1.[K+]. The van der Waals surface area contributed by atoms with Crippen LogP contribution in [0.1, 0.15) is 5.56 Å². The third-order valence-corrected chi connectivity index (χ3v) is 4.15. The summed E-state index contributed by atoms with van der Waals surface area (Å²) in [6, 6.07) is 14.1. The van der Waals surface area contributed by atoms with E-state index in [0.29, 0.717) is 5.56 Å². The Kier molecular flexibility index (Phi) is 7.20. The van der Waals surface area contributed by atoms with E-state index in [1.54, 1.807) is 36.4 Å². The van der Waals surface area contributed by atoms with Gasteiger partial charge in [0.1, 0.15) is 0 Å². The smallest absolute Gasteiger partial charge is 0.479 e. The molecule has 1 atom stereocenters. The monoisotopic (exact) mass is 343 g/mol. The van der Waals surface area contributed by atoms with Gasteiger partial charge in [-0.2, -0.15) is 0 Å². The number of benzene rings is 2. The zero-order chi connectivity index (χ0) is 15.5. The number of rotatable bonds is 5. The average Bonchev–Trinajstić information content (AvgIpc) is 2.48. The van der Waals surface area contributed by atoms with Crippen molar-refractivity contribution in [3.63, 3.8) is 0 Å². The Morgan fingerprint density at radius 1 is 1.14 bits per heavy atom. The van der Waals surface area contributed by atoms with Crippen LogP contribution in [0.4, 0.5) is 5.69 Å². The van der Waals surface area contributed by atoms with Crippen molar-refractivity contribution in [1.82, 2.24) is 0 Å². The molecular formula is C14H12KN2O4S+. The first-order valence-corrected chi connectivity index (χ1v) is 6.77. The number of carboxylic acids is 1. The van der Waals surface area contributed by atoms with Crippen LogP contribution in [0.2, 0.25) is 0 Å². The maximum atomic E-state index is 11.6. The number of nitro groups is 1. The summed E-state index contributed by atoms with van der Waals surface area (Å²) in [4.78, 5) is 20.5. The van der Waals surface area contributed by atoms with E-state index in [2.05, 4.69) is 0 Å². The van der Waals surface area contributed by atoms with Gasteiger partial charge in [-0.1, -0.05) is 54.2 Å². The molecule has 0 saturated carbocycles. The first-order valence-electron chi connectivity index (χ1n) is 5.95. The van der Waals surface area contributed by atoms with Crippen molar-refractivity contribution in [2.75, 3.05) is 0 Å². The Morgan fingerprint density at radius 3 is 2.23 bits per heavy atom. The zero-order valence-corrected chi connectivity index (χ0v) is 15.7. The first-order chi connectivity index (χ1) is 9.95. The van der Waals surface area contributed by atoms with Gasteiger partial charge >= 0.3 is 57.4 Å². The van der Waals surface area contributed by atoms with Crippen LogP contribution in [0.15, 0.2) is 59.5 Å². The van der Waals surface area contributed by atoms with Gasteiger partial charge < -0.3 is 10.8 Å². The van der Waals surface area contributed by atoms with Crippen molar-refractivity contribution in [3.05, 3.63) is 70.3 Å². The van der Waals surface area contributed by atoms with Crippen LogP contribution >= 0.6 is 11.8 Å². The average molecular weight is 343 g/mol. The van der Waals surface area contributed by atoms with E-state index < -0.39 is 15.8 Å². The van der Waals surface area contributed by atoms with Gasteiger partial charge in [0, 0.05) is 6.07 Å². The zero-order valence-electron chi connectivity index (χ0n) is 11.8. The number of thioether (sulfide) groups is 1. The molecule has 0 aromatic heterocycles. The van der Waals surface area contributed by atoms with E-state index in [-0.39, 0.29) is 62.0 Å². The third kappa shape index (κ3) is 4.16. The van der Waals surface area contributed by atoms with E-state index in [1.165, 1.54) is 18.2 Å². The van der Waals surface area contributed by atoms with Gasteiger partial charge in [-0.15, -0.1) is 0 Å². The van der Waals surface area contributed by atoms with Crippen LogP contribution in [0.3, 0.4) is 0 Å². The number of nitrogens with two attached hydrogens (primary N) is 1. The molecule has 0 saturated heterocycles. The van der Waals surface area contributed by atoms with Gasteiger partial charge in [-0.3, -0.25) is 10.1 Å². The number of nitrogens with zero attached hydrogens (tertiary/aromatic N) is 1. The van der Waals surface area contributed by atoms with Gasteiger partial charge in [0.2, 0.25) is 0 Å². The Bertz CT molecular complexity index is 684. The number of carbonyl (C=O) groups is 1. The molecule has 1 unspecified atom stereocenters. The quantitative estimate of drug-likeness (QED) is 0.251. The first kappa shape index (κ1) is 19.3. The summed E-state index contributed by atoms with van der Waals surface area (Å²) < 4.78 is 0. The molecule has 2 aromatic rings. The van der Waals surface area contributed by atoms with Crippen molar-refractivity contribution >= 4 is 23.4 Å². The van der Waals surface area contributed by atoms with Crippen molar-refractivity contribution in [2.24, 2.45) is 5.73 Å². The molecule has 108 valence electrons. The van der Waals surface area contributed by atoms with Crippen LogP contribution in [-0.2, 0) is 9.67 Å². The number of para-hydroxylation sites is 1. The minimum Gasteiger partial charge on any atom is -0.479 e. The Labute approximate surface area is 173 Å². The van der Waals surface area contributed by atoms with Gasteiger partial charge in [0.25, 0.3) is 5.69 Å². The molecule has 0 amide bonds. The predicted octanol–water partition coefficient (Wildman–Crippen LogP) is -0.413. The Balaban J connectivity index is 0.00000242. The van der Waals surface area contributed by atoms with Crippen LogP contribution < -0.4 is 57.1 Å². The summed E-state index contributed by atoms with van der Waals surface area (Å²) in [5.74, 6) is -1.27. The van der Waals surface area contributed by atoms with Crippen LogP contribution in [0.5, 0.6) is 0 Å². The van der Waals surface area contributed by atoms with Crippen molar-refractivity contribution < 1.29 is 66.2 Å². The van der Waals surface area contributed by atoms with Gasteiger partial charge in [0.15, 0.2) is 4.87 Å². The standard InChI is InChI=1S/C14H12N2O4S.K/c15-14(13(17)18,10-6-2-1-3-7-10)21-12-9-5-4-8-11(12)16(19)20;/h1-9H,15H2,(H,17,18);/q;+1. The summed E-state index contributed by atoms with van der Waals surface area (Å²) >= 11 is 0.744. The van der Waals surface area contributed by atoms with E-state index in [9.17, 15) is 20.0 Å². The van der Waals surface area contributed by atoms with Crippen LogP contribution in [0.25, 0.3) is 0 Å². The van der Waals surface area contributed by atoms with Crippen LogP contribution in [0, 0.1) is 10.1 Å². The fourth-order valence-corrected chi connectivity index (χ4v) is 2.86. The maximum Gasteiger partial charge on any atom is 1.00 e. The number of hydrogen-bond donors (Lipinski definition) is 2. The van der Waals surface area contributed by atoms with Crippen molar-refractivity contribution in [3.8, 4) is 0 Å². The topological polar surface area (TPSA) is 106 Å². The van der Waals surface area contributed by atoms with E-state index >= 15 is 0 Å². The second-order valence-corrected chi connectivity index (χ2v) is 5.52. The van der Waals surface area contributed by atoms with Gasteiger partial charge in [-0.25, -0.2) is 4.79 Å². The number of carboxylic acid groups (broad SMARTS) is 1. The summed E-state index contributed by atoms with van der Waals surface area (Å²) in [6.07, 6.45) is 0. The summed E-state index contributed by atoms with van der Waals surface area (Å²) in [7, 11) is 0. The van der Waals surface area contributed by atoms with E-state index in [4.69, 9.17) is 5.73 Å². The summed E-state index contributed by atoms with van der Waals surface area (Å²) in [5.41, 5.74) is 6.19. The second kappa shape index (κ2) is 8.20. The summed E-state index contributed by atoms with van der Waals surface area (Å²) in [6.45, 7) is 0. The van der Waals surface area contributed by atoms with Crippen molar-refractivity contribution in [1.29, 1.82) is 0 Å². The molecule has 0 aliphatic rings.